The van der Waals surface area contributed by atoms with E-state index in [2.05, 4.69) is 5.32 Å². The van der Waals surface area contributed by atoms with Crippen LogP contribution in [0, 0.1) is 6.92 Å². The van der Waals surface area contributed by atoms with E-state index in [4.69, 9.17) is 21.4 Å². The van der Waals surface area contributed by atoms with Crippen LogP contribution in [0.15, 0.2) is 18.2 Å². The summed E-state index contributed by atoms with van der Waals surface area (Å²) in [4.78, 5) is 23.1. The highest BCUT2D eigenvalue weighted by atomic mass is 35.5. The molecule has 22 heavy (non-hydrogen) atoms. The van der Waals surface area contributed by atoms with Crippen molar-refractivity contribution in [3.8, 4) is 5.75 Å². The quantitative estimate of drug-likeness (QED) is 0.843. The fraction of sp³-hybridized carbons (Fsp3) is 0.500. The highest BCUT2D eigenvalue weighted by Gasteiger charge is 2.37. The van der Waals surface area contributed by atoms with Crippen molar-refractivity contribution in [2.45, 2.75) is 44.6 Å². The predicted molar refractivity (Wildman–Crippen MR) is 83.3 cm³/mol. The summed E-state index contributed by atoms with van der Waals surface area (Å²) in [7, 11) is 0. The highest BCUT2D eigenvalue weighted by Crippen LogP contribution is 2.32. The maximum absolute atomic E-state index is 12.1. The fourth-order valence-corrected chi connectivity index (χ4v) is 2.99. The number of benzene rings is 1. The minimum Gasteiger partial charge on any atom is -0.484 e. The summed E-state index contributed by atoms with van der Waals surface area (Å²) in [6, 6.07) is 5.18. The first-order valence-corrected chi connectivity index (χ1v) is 7.70. The van der Waals surface area contributed by atoms with E-state index in [1.807, 2.05) is 6.92 Å². The molecule has 6 heteroatoms. The number of carbonyl (C=O) groups is 2. The Balaban J connectivity index is 1.91. The number of aliphatic carboxylic acids is 1. The Morgan fingerprint density at radius 3 is 2.64 bits per heavy atom. The average molecular weight is 326 g/mol. The number of rotatable bonds is 6. The zero-order chi connectivity index (χ0) is 16.2. The first kappa shape index (κ1) is 16.6. The van der Waals surface area contributed by atoms with Crippen LogP contribution in [0.5, 0.6) is 5.75 Å². The molecule has 1 aromatic carbocycles. The summed E-state index contributed by atoms with van der Waals surface area (Å²) in [5.41, 5.74) is 0.250. The molecule has 0 radical (unpaired) electrons. The maximum Gasteiger partial charge on any atom is 0.305 e. The largest absolute Gasteiger partial charge is 0.484 e. The summed E-state index contributed by atoms with van der Waals surface area (Å²) in [5.74, 6) is -0.622. The van der Waals surface area contributed by atoms with Crippen LogP contribution in [0.1, 0.15) is 37.7 Å². The number of amides is 1. The van der Waals surface area contributed by atoms with Gasteiger partial charge < -0.3 is 15.2 Å². The molecule has 0 heterocycles. The zero-order valence-electron chi connectivity index (χ0n) is 12.5. The van der Waals surface area contributed by atoms with Gasteiger partial charge in [0.1, 0.15) is 5.75 Å². The van der Waals surface area contributed by atoms with Crippen molar-refractivity contribution in [2.75, 3.05) is 6.61 Å². The number of ether oxygens (including phenoxy) is 1. The van der Waals surface area contributed by atoms with Gasteiger partial charge in [-0.3, -0.25) is 9.59 Å². The van der Waals surface area contributed by atoms with Gasteiger partial charge in [-0.2, -0.15) is 0 Å². The second-order valence-electron chi connectivity index (χ2n) is 5.81. The number of halogens is 1. The molecule has 1 amide bonds. The van der Waals surface area contributed by atoms with Gasteiger partial charge >= 0.3 is 5.97 Å². The lowest BCUT2D eigenvalue weighted by Gasteiger charge is -2.28. The Labute approximate surface area is 134 Å². The van der Waals surface area contributed by atoms with Crippen LogP contribution < -0.4 is 10.1 Å². The summed E-state index contributed by atoms with van der Waals surface area (Å²) >= 11 is 5.93. The number of hydrogen-bond acceptors (Lipinski definition) is 3. The standard InChI is InChI=1S/C16H20ClNO4/c1-11-8-12(4-5-13(11)17)22-10-14(19)18-16(9-15(20)21)6-2-3-7-16/h4-5,8H,2-3,6-7,9-10H2,1H3,(H,18,19)(H,20,21). The maximum atomic E-state index is 12.1. The average Bonchev–Trinajstić information content (AvgIpc) is 2.87. The molecule has 0 spiro atoms. The monoisotopic (exact) mass is 325 g/mol. The van der Waals surface area contributed by atoms with E-state index in [-0.39, 0.29) is 18.9 Å². The number of hydrogen-bond donors (Lipinski definition) is 2. The lowest BCUT2D eigenvalue weighted by Crippen LogP contribution is -2.49. The van der Waals surface area contributed by atoms with Gasteiger partial charge in [-0.05, 0) is 43.5 Å². The molecule has 0 saturated heterocycles. The zero-order valence-corrected chi connectivity index (χ0v) is 13.3. The van der Waals surface area contributed by atoms with Gasteiger partial charge in [-0.15, -0.1) is 0 Å². The Morgan fingerprint density at radius 2 is 2.05 bits per heavy atom. The molecule has 5 nitrogen and oxygen atoms in total. The van der Waals surface area contributed by atoms with E-state index in [1.54, 1.807) is 18.2 Å². The van der Waals surface area contributed by atoms with Crippen molar-refractivity contribution in [1.29, 1.82) is 0 Å². The van der Waals surface area contributed by atoms with Crippen LogP contribution in [0.4, 0.5) is 0 Å². The van der Waals surface area contributed by atoms with E-state index in [0.29, 0.717) is 23.6 Å². The van der Waals surface area contributed by atoms with Crippen molar-refractivity contribution in [3.63, 3.8) is 0 Å². The van der Waals surface area contributed by atoms with Crippen molar-refractivity contribution in [2.24, 2.45) is 0 Å². The van der Waals surface area contributed by atoms with Crippen LogP contribution in [-0.2, 0) is 9.59 Å². The highest BCUT2D eigenvalue weighted by molar-refractivity contribution is 6.31. The van der Waals surface area contributed by atoms with Crippen LogP contribution in [-0.4, -0.2) is 29.1 Å². The lowest BCUT2D eigenvalue weighted by atomic mass is 9.93. The minimum atomic E-state index is -0.892. The molecule has 0 aliphatic heterocycles. The normalized spacial score (nSPS) is 16.3. The van der Waals surface area contributed by atoms with Gasteiger partial charge in [0.2, 0.25) is 0 Å². The molecule has 1 aliphatic rings. The smallest absolute Gasteiger partial charge is 0.305 e. The molecule has 1 aliphatic carbocycles. The third-order valence-electron chi connectivity index (χ3n) is 3.95. The molecule has 1 fully saturated rings. The number of carboxylic acids is 1. The van der Waals surface area contributed by atoms with Crippen LogP contribution in [0.2, 0.25) is 5.02 Å². The van der Waals surface area contributed by atoms with E-state index in [9.17, 15) is 9.59 Å². The molecule has 0 atom stereocenters. The van der Waals surface area contributed by atoms with Gasteiger partial charge in [-0.25, -0.2) is 0 Å². The van der Waals surface area contributed by atoms with Crippen molar-refractivity contribution < 1.29 is 19.4 Å². The molecule has 2 N–H and O–H groups in total. The van der Waals surface area contributed by atoms with Crippen molar-refractivity contribution in [3.05, 3.63) is 28.8 Å². The van der Waals surface area contributed by atoms with Gasteiger partial charge in [0.25, 0.3) is 5.91 Å². The van der Waals surface area contributed by atoms with E-state index in [0.717, 1.165) is 18.4 Å². The molecule has 0 bridgehead atoms. The molecule has 0 aromatic heterocycles. The summed E-state index contributed by atoms with van der Waals surface area (Å²) in [6.07, 6.45) is 3.23. The van der Waals surface area contributed by atoms with Gasteiger partial charge in [0.05, 0.1) is 12.0 Å². The van der Waals surface area contributed by atoms with E-state index in [1.165, 1.54) is 0 Å². The lowest BCUT2D eigenvalue weighted by molar-refractivity contribution is -0.139. The van der Waals surface area contributed by atoms with Gasteiger partial charge in [-0.1, -0.05) is 24.4 Å². The topological polar surface area (TPSA) is 75.6 Å². The molecule has 0 unspecified atom stereocenters. The molecule has 1 aromatic rings. The second kappa shape index (κ2) is 7.01. The molecule has 120 valence electrons. The summed E-state index contributed by atoms with van der Waals surface area (Å²) < 4.78 is 5.45. The van der Waals surface area contributed by atoms with Crippen molar-refractivity contribution in [1.82, 2.24) is 5.32 Å². The van der Waals surface area contributed by atoms with Crippen LogP contribution >= 0.6 is 11.6 Å². The third-order valence-corrected chi connectivity index (χ3v) is 4.38. The molecular weight excluding hydrogens is 306 g/mol. The summed E-state index contributed by atoms with van der Waals surface area (Å²) in [6.45, 7) is 1.72. The molecule has 1 saturated carbocycles. The van der Waals surface area contributed by atoms with E-state index >= 15 is 0 Å². The fourth-order valence-electron chi connectivity index (χ4n) is 2.87. The number of carbonyl (C=O) groups excluding carboxylic acids is 1. The Morgan fingerprint density at radius 1 is 1.36 bits per heavy atom. The van der Waals surface area contributed by atoms with E-state index < -0.39 is 11.5 Å². The van der Waals surface area contributed by atoms with Gasteiger partial charge in [0, 0.05) is 5.02 Å². The number of nitrogens with one attached hydrogen (secondary N) is 1. The Bertz CT molecular complexity index is 567. The molecular formula is C16H20ClNO4. The summed E-state index contributed by atoms with van der Waals surface area (Å²) in [5, 5.41) is 12.5. The minimum absolute atomic E-state index is 0.0429. The Kier molecular flexibility index (Phi) is 5.29. The van der Waals surface area contributed by atoms with Crippen LogP contribution in [0.25, 0.3) is 0 Å². The van der Waals surface area contributed by atoms with Crippen molar-refractivity contribution >= 4 is 23.5 Å². The third kappa shape index (κ3) is 4.37. The number of carboxylic acid groups (broad SMARTS) is 1. The molecule has 2 rings (SSSR count). The second-order valence-corrected chi connectivity index (χ2v) is 6.21. The predicted octanol–water partition coefficient (Wildman–Crippen LogP) is 2.93. The SMILES string of the molecule is Cc1cc(OCC(=O)NC2(CC(=O)O)CCCC2)ccc1Cl. The van der Waals surface area contributed by atoms with Crippen LogP contribution in [0.3, 0.4) is 0 Å². The van der Waals surface area contributed by atoms with Gasteiger partial charge in [0.15, 0.2) is 6.61 Å². The Hall–Kier alpha value is -1.75. The first-order valence-electron chi connectivity index (χ1n) is 7.32. The number of aryl methyl sites for hydroxylation is 1. The first-order chi connectivity index (χ1) is 10.4.